The Bertz CT molecular complexity index is 529. The number of carbonyl (C=O) groups is 1. The van der Waals surface area contributed by atoms with Crippen LogP contribution in [0.3, 0.4) is 0 Å². The zero-order valence-corrected chi connectivity index (χ0v) is 13.3. The Labute approximate surface area is 126 Å². The van der Waals surface area contributed by atoms with E-state index in [1.807, 2.05) is 33.8 Å². The average molecular weight is 291 g/mol. The first-order valence-electron chi connectivity index (χ1n) is 7.40. The topological polar surface area (TPSA) is 77.2 Å². The lowest BCUT2D eigenvalue weighted by molar-refractivity contribution is 0.0206. The molecule has 5 nitrogen and oxygen atoms in total. The van der Waals surface area contributed by atoms with E-state index in [0.29, 0.717) is 17.9 Å². The van der Waals surface area contributed by atoms with Gasteiger partial charge in [-0.1, -0.05) is 20.8 Å². The first-order valence-corrected chi connectivity index (χ1v) is 7.40. The van der Waals surface area contributed by atoms with Gasteiger partial charge in [-0.25, -0.2) is 4.98 Å². The van der Waals surface area contributed by atoms with Crippen LogP contribution in [-0.2, 0) is 10.2 Å². The highest BCUT2D eigenvalue weighted by Gasteiger charge is 2.30. The van der Waals surface area contributed by atoms with E-state index in [2.05, 4.69) is 10.3 Å². The maximum Gasteiger partial charge on any atom is 0.251 e. The van der Waals surface area contributed by atoms with E-state index in [1.165, 1.54) is 0 Å². The van der Waals surface area contributed by atoms with Gasteiger partial charge in [-0.05, 0) is 31.9 Å². The number of anilines is 1. The van der Waals surface area contributed by atoms with Crippen molar-refractivity contribution in [1.82, 2.24) is 10.3 Å². The van der Waals surface area contributed by atoms with Crippen LogP contribution >= 0.6 is 0 Å². The van der Waals surface area contributed by atoms with Crippen molar-refractivity contribution < 1.29 is 9.53 Å². The van der Waals surface area contributed by atoms with Crippen molar-refractivity contribution in [3.05, 3.63) is 23.4 Å². The zero-order valence-electron chi connectivity index (χ0n) is 13.3. The third-order valence-corrected chi connectivity index (χ3v) is 3.80. The standard InChI is InChI=1S/C16H25N3O2/c1-15(2,3)12-8-11(9-13(17)19-12)14(20)18-10-16(4)6-5-7-21-16/h8-9H,5-7,10H2,1-4H3,(H2,17,19)(H,18,20). The Kier molecular flexibility index (Phi) is 4.23. The maximum atomic E-state index is 12.3. The molecule has 1 saturated heterocycles. The second-order valence-corrected chi connectivity index (χ2v) is 7.00. The fourth-order valence-corrected chi connectivity index (χ4v) is 2.41. The second kappa shape index (κ2) is 5.64. The van der Waals surface area contributed by atoms with E-state index in [4.69, 9.17) is 10.5 Å². The van der Waals surface area contributed by atoms with Crippen molar-refractivity contribution in [2.45, 2.75) is 51.6 Å². The molecular formula is C16H25N3O2. The van der Waals surface area contributed by atoms with E-state index in [9.17, 15) is 4.79 Å². The van der Waals surface area contributed by atoms with Crippen LogP contribution in [0.15, 0.2) is 12.1 Å². The van der Waals surface area contributed by atoms with E-state index >= 15 is 0 Å². The second-order valence-electron chi connectivity index (χ2n) is 7.00. The van der Waals surface area contributed by atoms with E-state index in [0.717, 1.165) is 25.1 Å². The van der Waals surface area contributed by atoms with Gasteiger partial charge in [0.2, 0.25) is 0 Å². The van der Waals surface area contributed by atoms with E-state index in [-0.39, 0.29) is 16.9 Å². The van der Waals surface area contributed by atoms with Crippen LogP contribution in [0.4, 0.5) is 5.82 Å². The molecule has 1 aliphatic rings. The van der Waals surface area contributed by atoms with Gasteiger partial charge >= 0.3 is 0 Å². The van der Waals surface area contributed by atoms with Crippen molar-refractivity contribution in [3.63, 3.8) is 0 Å². The normalized spacial score (nSPS) is 22.3. The van der Waals surface area contributed by atoms with Crippen LogP contribution < -0.4 is 11.1 Å². The fourth-order valence-electron chi connectivity index (χ4n) is 2.41. The summed E-state index contributed by atoms with van der Waals surface area (Å²) in [6.45, 7) is 9.45. The number of amides is 1. The fraction of sp³-hybridized carbons (Fsp3) is 0.625. The summed E-state index contributed by atoms with van der Waals surface area (Å²) in [6, 6.07) is 3.42. The quantitative estimate of drug-likeness (QED) is 0.895. The summed E-state index contributed by atoms with van der Waals surface area (Å²) in [5.74, 6) is 0.238. The van der Waals surface area contributed by atoms with Crippen molar-refractivity contribution in [2.75, 3.05) is 18.9 Å². The summed E-state index contributed by atoms with van der Waals surface area (Å²) in [6.07, 6.45) is 2.02. The summed E-state index contributed by atoms with van der Waals surface area (Å²) in [5.41, 5.74) is 6.79. The van der Waals surface area contributed by atoms with Gasteiger partial charge in [0, 0.05) is 29.8 Å². The van der Waals surface area contributed by atoms with Crippen LogP contribution in [0, 0.1) is 0 Å². The molecule has 5 heteroatoms. The minimum absolute atomic E-state index is 0.133. The number of nitrogens with zero attached hydrogens (tertiary/aromatic N) is 1. The molecule has 1 unspecified atom stereocenters. The Hall–Kier alpha value is -1.62. The molecule has 3 N–H and O–H groups in total. The van der Waals surface area contributed by atoms with Crippen molar-refractivity contribution >= 4 is 11.7 Å². The first kappa shape index (κ1) is 15.8. The monoisotopic (exact) mass is 291 g/mol. The summed E-state index contributed by atoms with van der Waals surface area (Å²) in [5, 5.41) is 2.94. The smallest absolute Gasteiger partial charge is 0.251 e. The average Bonchev–Trinajstić information content (AvgIpc) is 2.82. The molecule has 2 rings (SSSR count). The molecule has 1 aliphatic heterocycles. The van der Waals surface area contributed by atoms with Crippen LogP contribution in [0.25, 0.3) is 0 Å². The van der Waals surface area contributed by atoms with Gasteiger partial charge in [-0.2, -0.15) is 0 Å². The number of hydrogen-bond acceptors (Lipinski definition) is 4. The van der Waals surface area contributed by atoms with Gasteiger partial charge in [0.05, 0.1) is 5.60 Å². The summed E-state index contributed by atoms with van der Waals surface area (Å²) in [4.78, 5) is 16.6. The van der Waals surface area contributed by atoms with Gasteiger partial charge in [0.25, 0.3) is 5.91 Å². The number of pyridine rings is 1. The molecule has 1 amide bonds. The molecule has 21 heavy (non-hydrogen) atoms. The molecule has 0 radical (unpaired) electrons. The number of carbonyl (C=O) groups excluding carboxylic acids is 1. The van der Waals surface area contributed by atoms with Crippen LogP contribution in [-0.4, -0.2) is 29.6 Å². The minimum Gasteiger partial charge on any atom is -0.384 e. The van der Waals surface area contributed by atoms with Crippen molar-refractivity contribution in [3.8, 4) is 0 Å². The SMILES string of the molecule is CC1(CNC(=O)c2cc(N)nc(C(C)(C)C)c2)CCCO1. The molecule has 2 heterocycles. The molecule has 1 fully saturated rings. The van der Waals surface area contributed by atoms with Crippen LogP contribution in [0.2, 0.25) is 0 Å². The molecule has 1 aromatic heterocycles. The number of nitrogen functional groups attached to an aromatic ring is 1. The minimum atomic E-state index is -0.249. The molecule has 1 atom stereocenters. The number of nitrogens with two attached hydrogens (primary N) is 1. The first-order chi connectivity index (χ1) is 9.70. The molecule has 0 spiro atoms. The Morgan fingerprint density at radius 1 is 1.48 bits per heavy atom. The Morgan fingerprint density at radius 3 is 2.76 bits per heavy atom. The Morgan fingerprint density at radius 2 is 2.19 bits per heavy atom. The molecule has 1 aromatic rings. The molecular weight excluding hydrogens is 266 g/mol. The Balaban J connectivity index is 2.10. The highest BCUT2D eigenvalue weighted by atomic mass is 16.5. The summed E-state index contributed by atoms with van der Waals surface area (Å²) in [7, 11) is 0. The number of rotatable bonds is 3. The molecule has 0 bridgehead atoms. The lowest BCUT2D eigenvalue weighted by atomic mass is 9.90. The lowest BCUT2D eigenvalue weighted by Gasteiger charge is -2.24. The van der Waals surface area contributed by atoms with Gasteiger partial charge < -0.3 is 15.8 Å². The largest absolute Gasteiger partial charge is 0.384 e. The molecule has 0 aromatic carbocycles. The maximum absolute atomic E-state index is 12.3. The van der Waals surface area contributed by atoms with E-state index < -0.39 is 0 Å². The third-order valence-electron chi connectivity index (χ3n) is 3.80. The molecule has 116 valence electrons. The van der Waals surface area contributed by atoms with Gasteiger partial charge in [0.1, 0.15) is 5.82 Å². The zero-order chi connectivity index (χ0) is 15.7. The number of ether oxygens (including phenoxy) is 1. The summed E-state index contributed by atoms with van der Waals surface area (Å²) < 4.78 is 5.68. The molecule has 0 aliphatic carbocycles. The number of aromatic nitrogens is 1. The van der Waals surface area contributed by atoms with Crippen LogP contribution in [0.1, 0.15) is 56.6 Å². The lowest BCUT2D eigenvalue weighted by Crippen LogP contribution is -2.40. The van der Waals surface area contributed by atoms with Gasteiger partial charge in [0.15, 0.2) is 0 Å². The third kappa shape index (κ3) is 3.94. The van der Waals surface area contributed by atoms with Crippen molar-refractivity contribution in [1.29, 1.82) is 0 Å². The highest BCUT2D eigenvalue weighted by Crippen LogP contribution is 2.25. The molecule has 0 saturated carbocycles. The predicted octanol–water partition coefficient (Wildman–Crippen LogP) is 2.26. The number of hydrogen-bond donors (Lipinski definition) is 2. The van der Waals surface area contributed by atoms with Crippen molar-refractivity contribution in [2.24, 2.45) is 0 Å². The van der Waals surface area contributed by atoms with Gasteiger partial charge in [-0.15, -0.1) is 0 Å². The van der Waals surface area contributed by atoms with Crippen LogP contribution in [0.5, 0.6) is 0 Å². The van der Waals surface area contributed by atoms with E-state index in [1.54, 1.807) is 6.07 Å². The highest BCUT2D eigenvalue weighted by molar-refractivity contribution is 5.95. The number of nitrogens with one attached hydrogen (secondary N) is 1. The predicted molar refractivity (Wildman–Crippen MR) is 83.3 cm³/mol. The van der Waals surface area contributed by atoms with Gasteiger partial charge in [-0.3, -0.25) is 4.79 Å². The summed E-state index contributed by atoms with van der Waals surface area (Å²) >= 11 is 0.